The average molecular weight is 248 g/mol. The first-order chi connectivity index (χ1) is 8.15. The Morgan fingerprint density at radius 3 is 2.76 bits per heavy atom. The fourth-order valence-electron chi connectivity index (χ4n) is 2.01. The molecule has 0 aliphatic rings. The van der Waals surface area contributed by atoms with Crippen molar-refractivity contribution in [2.75, 3.05) is 20.6 Å². The molecule has 0 saturated carbocycles. The number of rotatable bonds is 5. The van der Waals surface area contributed by atoms with E-state index in [1.165, 1.54) is 15.0 Å². The molecule has 1 unspecified atom stereocenters. The summed E-state index contributed by atoms with van der Waals surface area (Å²) < 4.78 is 1.38. The highest BCUT2D eigenvalue weighted by Gasteiger charge is 2.05. The lowest BCUT2D eigenvalue weighted by atomic mass is 10.2. The van der Waals surface area contributed by atoms with Gasteiger partial charge in [0.1, 0.15) is 0 Å². The lowest BCUT2D eigenvalue weighted by molar-refractivity contribution is 0.349. The van der Waals surface area contributed by atoms with Gasteiger partial charge < -0.3 is 10.2 Å². The van der Waals surface area contributed by atoms with E-state index in [9.17, 15) is 0 Å². The molecule has 2 nitrogen and oxygen atoms in total. The van der Waals surface area contributed by atoms with Gasteiger partial charge in [0.05, 0.1) is 0 Å². The Labute approximate surface area is 107 Å². The van der Waals surface area contributed by atoms with Crippen LogP contribution in [-0.4, -0.2) is 31.6 Å². The Morgan fingerprint density at radius 1 is 1.29 bits per heavy atom. The molecular weight excluding hydrogens is 228 g/mol. The summed E-state index contributed by atoms with van der Waals surface area (Å²) in [5.41, 5.74) is 0. The zero-order valence-corrected chi connectivity index (χ0v) is 11.6. The number of nitrogens with zero attached hydrogens (tertiary/aromatic N) is 1. The fraction of sp³-hybridized carbons (Fsp3) is 0.429. The molecule has 2 aromatic rings. The monoisotopic (exact) mass is 248 g/mol. The number of hydrogen-bond donors (Lipinski definition) is 1. The number of nitrogens with one attached hydrogen (secondary N) is 1. The van der Waals surface area contributed by atoms with E-state index in [1.807, 2.05) is 11.3 Å². The molecule has 0 bridgehead atoms. The van der Waals surface area contributed by atoms with E-state index in [4.69, 9.17) is 0 Å². The van der Waals surface area contributed by atoms with Crippen molar-refractivity contribution in [3.63, 3.8) is 0 Å². The fourth-order valence-corrected chi connectivity index (χ4v) is 3.03. The maximum atomic E-state index is 3.56. The van der Waals surface area contributed by atoms with E-state index in [0.29, 0.717) is 6.04 Å². The lowest BCUT2D eigenvalue weighted by Gasteiger charge is -2.17. The number of fused-ring (bicyclic) bond motifs is 1. The van der Waals surface area contributed by atoms with Crippen LogP contribution >= 0.6 is 11.3 Å². The number of thiophene rings is 1. The van der Waals surface area contributed by atoms with Gasteiger partial charge in [0.15, 0.2) is 0 Å². The van der Waals surface area contributed by atoms with E-state index in [-0.39, 0.29) is 0 Å². The normalized spacial score (nSPS) is 13.4. The zero-order valence-electron chi connectivity index (χ0n) is 10.7. The molecule has 0 radical (unpaired) electrons. The Kier molecular flexibility index (Phi) is 4.15. The molecule has 2 rings (SSSR count). The van der Waals surface area contributed by atoms with Gasteiger partial charge >= 0.3 is 0 Å². The van der Waals surface area contributed by atoms with Crippen LogP contribution in [0.3, 0.4) is 0 Å². The second kappa shape index (κ2) is 5.63. The summed E-state index contributed by atoms with van der Waals surface area (Å²) in [7, 11) is 4.22. The zero-order chi connectivity index (χ0) is 12.3. The van der Waals surface area contributed by atoms with E-state index in [1.54, 1.807) is 0 Å². The molecule has 1 aromatic heterocycles. The first-order valence-corrected chi connectivity index (χ1v) is 6.82. The molecule has 0 fully saturated rings. The summed E-state index contributed by atoms with van der Waals surface area (Å²) in [5, 5.41) is 4.92. The van der Waals surface area contributed by atoms with Gasteiger partial charge in [-0.2, -0.15) is 0 Å². The third kappa shape index (κ3) is 3.53. The minimum Gasteiger partial charge on any atom is -0.308 e. The van der Waals surface area contributed by atoms with Crippen LogP contribution in [0.1, 0.15) is 11.8 Å². The number of hydrogen-bond acceptors (Lipinski definition) is 3. The molecule has 3 heteroatoms. The van der Waals surface area contributed by atoms with Gasteiger partial charge in [-0.3, -0.25) is 0 Å². The summed E-state index contributed by atoms with van der Waals surface area (Å²) in [6, 6.07) is 11.4. The quantitative estimate of drug-likeness (QED) is 0.875. The van der Waals surface area contributed by atoms with Crippen molar-refractivity contribution in [1.29, 1.82) is 0 Å². The Bertz CT molecular complexity index is 443. The SMILES string of the molecule is CC(CN(C)C)NCc1cc2ccccc2s1. The second-order valence-corrected chi connectivity index (χ2v) is 5.96. The predicted molar refractivity (Wildman–Crippen MR) is 76.7 cm³/mol. The molecule has 1 N–H and O–H groups in total. The van der Waals surface area contributed by atoms with Crippen LogP contribution in [0.25, 0.3) is 10.1 Å². The lowest BCUT2D eigenvalue weighted by Crippen LogP contribution is -2.35. The summed E-state index contributed by atoms with van der Waals surface area (Å²) in [5.74, 6) is 0. The van der Waals surface area contributed by atoms with E-state index >= 15 is 0 Å². The van der Waals surface area contributed by atoms with Crippen LogP contribution in [0.2, 0.25) is 0 Å². The van der Waals surface area contributed by atoms with Gasteiger partial charge in [-0.05, 0) is 38.5 Å². The summed E-state index contributed by atoms with van der Waals surface area (Å²) >= 11 is 1.88. The van der Waals surface area contributed by atoms with Gasteiger partial charge in [0.2, 0.25) is 0 Å². The number of benzene rings is 1. The molecule has 0 aliphatic heterocycles. The third-order valence-corrected chi connectivity index (χ3v) is 3.86. The first kappa shape index (κ1) is 12.6. The van der Waals surface area contributed by atoms with Crippen LogP contribution in [-0.2, 0) is 6.54 Å². The summed E-state index contributed by atoms with van der Waals surface area (Å²) in [6.07, 6.45) is 0. The van der Waals surface area contributed by atoms with Crippen molar-refractivity contribution in [2.45, 2.75) is 19.5 Å². The van der Waals surface area contributed by atoms with Crippen molar-refractivity contribution in [3.8, 4) is 0 Å². The molecule has 0 spiro atoms. The van der Waals surface area contributed by atoms with Gasteiger partial charge in [-0.1, -0.05) is 18.2 Å². The molecule has 0 aliphatic carbocycles. The predicted octanol–water partition coefficient (Wildman–Crippen LogP) is 2.94. The van der Waals surface area contributed by atoms with Crippen LogP contribution in [0.4, 0.5) is 0 Å². The third-order valence-electron chi connectivity index (χ3n) is 2.74. The van der Waals surface area contributed by atoms with Crippen LogP contribution in [0.15, 0.2) is 30.3 Å². The molecule has 1 heterocycles. The van der Waals surface area contributed by atoms with Crippen LogP contribution < -0.4 is 5.32 Å². The topological polar surface area (TPSA) is 15.3 Å². The Hall–Kier alpha value is -0.900. The smallest absolute Gasteiger partial charge is 0.0346 e. The maximum absolute atomic E-state index is 3.56. The van der Waals surface area contributed by atoms with Crippen LogP contribution in [0, 0.1) is 0 Å². The van der Waals surface area contributed by atoms with Gasteiger partial charge in [-0.25, -0.2) is 0 Å². The summed E-state index contributed by atoms with van der Waals surface area (Å²) in [4.78, 5) is 3.62. The minimum absolute atomic E-state index is 0.523. The minimum atomic E-state index is 0.523. The van der Waals surface area contributed by atoms with Crippen molar-refractivity contribution in [3.05, 3.63) is 35.2 Å². The van der Waals surface area contributed by atoms with Crippen molar-refractivity contribution >= 4 is 21.4 Å². The van der Waals surface area contributed by atoms with E-state index in [2.05, 4.69) is 61.6 Å². The van der Waals surface area contributed by atoms with Gasteiger partial charge in [0.25, 0.3) is 0 Å². The number of likely N-dealkylation sites (N-methyl/N-ethyl adjacent to an activating group) is 1. The first-order valence-electron chi connectivity index (χ1n) is 6.00. The highest BCUT2D eigenvalue weighted by Crippen LogP contribution is 2.24. The molecule has 1 aromatic carbocycles. The van der Waals surface area contributed by atoms with Gasteiger partial charge in [-0.15, -0.1) is 11.3 Å². The standard InChI is InChI=1S/C14H20N2S/c1-11(10-16(2)3)15-9-13-8-12-6-4-5-7-14(12)17-13/h4-8,11,15H,9-10H2,1-3H3. The van der Waals surface area contributed by atoms with Crippen molar-refractivity contribution in [1.82, 2.24) is 10.2 Å². The Balaban J connectivity index is 1.95. The second-order valence-electron chi connectivity index (χ2n) is 4.79. The summed E-state index contributed by atoms with van der Waals surface area (Å²) in [6.45, 7) is 4.27. The van der Waals surface area contributed by atoms with Crippen LogP contribution in [0.5, 0.6) is 0 Å². The average Bonchev–Trinajstić information content (AvgIpc) is 2.68. The largest absolute Gasteiger partial charge is 0.308 e. The Morgan fingerprint density at radius 2 is 2.06 bits per heavy atom. The highest BCUT2D eigenvalue weighted by molar-refractivity contribution is 7.19. The molecule has 92 valence electrons. The van der Waals surface area contributed by atoms with Crippen molar-refractivity contribution < 1.29 is 0 Å². The molecule has 0 saturated heterocycles. The highest BCUT2D eigenvalue weighted by atomic mass is 32.1. The van der Waals surface area contributed by atoms with E-state index in [0.717, 1.165) is 13.1 Å². The molecular formula is C14H20N2S. The van der Waals surface area contributed by atoms with Gasteiger partial charge in [0, 0.05) is 28.7 Å². The molecule has 1 atom stereocenters. The molecule has 0 amide bonds. The molecule has 17 heavy (non-hydrogen) atoms. The van der Waals surface area contributed by atoms with Crippen molar-refractivity contribution in [2.24, 2.45) is 0 Å². The van der Waals surface area contributed by atoms with E-state index < -0.39 is 0 Å². The maximum Gasteiger partial charge on any atom is 0.0346 e.